The van der Waals surface area contributed by atoms with Crippen LogP contribution in [0, 0.1) is 0 Å². The summed E-state index contributed by atoms with van der Waals surface area (Å²) in [5, 5.41) is 5.17. The van der Waals surface area contributed by atoms with Crippen LogP contribution < -0.4 is 11.1 Å². The maximum Gasteiger partial charge on any atom is 0.321 e. The maximum atomic E-state index is 12.3. The number of anilines is 1. The lowest BCUT2D eigenvalue weighted by Gasteiger charge is -2.21. The molecular formula is C16H21N3O. The zero-order chi connectivity index (χ0) is 14.4. The van der Waals surface area contributed by atoms with Gasteiger partial charge in [-0.1, -0.05) is 36.4 Å². The van der Waals surface area contributed by atoms with Gasteiger partial charge >= 0.3 is 6.03 Å². The largest absolute Gasteiger partial charge is 0.330 e. The molecule has 0 saturated carbocycles. The fourth-order valence-electron chi connectivity index (χ4n) is 2.21. The Balaban J connectivity index is 2.17. The van der Waals surface area contributed by atoms with Crippen molar-refractivity contribution in [1.82, 2.24) is 4.90 Å². The number of benzene rings is 2. The van der Waals surface area contributed by atoms with E-state index in [2.05, 4.69) is 5.32 Å². The van der Waals surface area contributed by atoms with E-state index in [1.165, 1.54) is 0 Å². The van der Waals surface area contributed by atoms with Crippen LogP contribution in [0.1, 0.15) is 13.3 Å². The van der Waals surface area contributed by atoms with Crippen LogP contribution in [-0.2, 0) is 0 Å². The van der Waals surface area contributed by atoms with Gasteiger partial charge in [-0.3, -0.25) is 0 Å². The van der Waals surface area contributed by atoms with E-state index in [4.69, 9.17) is 5.73 Å². The van der Waals surface area contributed by atoms with Gasteiger partial charge in [0.2, 0.25) is 0 Å². The Morgan fingerprint density at radius 2 is 1.95 bits per heavy atom. The fourth-order valence-corrected chi connectivity index (χ4v) is 2.21. The smallest absolute Gasteiger partial charge is 0.321 e. The molecule has 0 radical (unpaired) electrons. The van der Waals surface area contributed by atoms with Gasteiger partial charge in [-0.15, -0.1) is 0 Å². The van der Waals surface area contributed by atoms with Crippen molar-refractivity contribution in [3.63, 3.8) is 0 Å². The molecule has 0 aliphatic heterocycles. The predicted molar refractivity (Wildman–Crippen MR) is 83.9 cm³/mol. The first-order valence-corrected chi connectivity index (χ1v) is 7.00. The van der Waals surface area contributed by atoms with Gasteiger partial charge in [0, 0.05) is 18.5 Å². The maximum absolute atomic E-state index is 12.3. The number of urea groups is 1. The fraction of sp³-hybridized carbons (Fsp3) is 0.312. The molecule has 0 bridgehead atoms. The minimum Gasteiger partial charge on any atom is -0.330 e. The molecule has 0 aliphatic carbocycles. The summed E-state index contributed by atoms with van der Waals surface area (Å²) in [6, 6.07) is 13.9. The van der Waals surface area contributed by atoms with E-state index in [1.807, 2.05) is 49.4 Å². The first-order chi connectivity index (χ1) is 9.76. The number of amides is 2. The van der Waals surface area contributed by atoms with E-state index in [-0.39, 0.29) is 6.03 Å². The van der Waals surface area contributed by atoms with E-state index >= 15 is 0 Å². The highest BCUT2D eigenvalue weighted by atomic mass is 16.2. The summed E-state index contributed by atoms with van der Waals surface area (Å²) in [7, 11) is 0. The molecule has 0 fully saturated rings. The quantitative estimate of drug-likeness (QED) is 0.878. The van der Waals surface area contributed by atoms with Gasteiger partial charge in [0.25, 0.3) is 0 Å². The molecular weight excluding hydrogens is 250 g/mol. The standard InChI is InChI=1S/C16H21N3O/c1-2-19(12-6-11-17)16(20)18-15-10-5-8-13-7-3-4-9-14(13)15/h3-5,7-10H,2,6,11-12,17H2,1H3,(H,18,20). The van der Waals surface area contributed by atoms with Crippen molar-refractivity contribution in [3.8, 4) is 0 Å². The number of rotatable bonds is 5. The third-order valence-corrected chi connectivity index (χ3v) is 3.33. The van der Waals surface area contributed by atoms with Crippen LogP contribution in [-0.4, -0.2) is 30.6 Å². The number of fused-ring (bicyclic) bond motifs is 1. The molecule has 0 aromatic heterocycles. The summed E-state index contributed by atoms with van der Waals surface area (Å²) in [5.41, 5.74) is 6.35. The lowest BCUT2D eigenvalue weighted by molar-refractivity contribution is 0.214. The number of carbonyl (C=O) groups is 1. The van der Waals surface area contributed by atoms with Crippen LogP contribution in [0.5, 0.6) is 0 Å². The van der Waals surface area contributed by atoms with Crippen molar-refractivity contribution < 1.29 is 4.79 Å². The highest BCUT2D eigenvalue weighted by molar-refractivity contribution is 6.01. The van der Waals surface area contributed by atoms with Crippen molar-refractivity contribution in [1.29, 1.82) is 0 Å². The minimum absolute atomic E-state index is 0.0719. The molecule has 0 unspecified atom stereocenters. The molecule has 0 atom stereocenters. The Morgan fingerprint density at radius 1 is 1.20 bits per heavy atom. The van der Waals surface area contributed by atoms with Crippen LogP contribution >= 0.6 is 0 Å². The molecule has 0 aliphatic rings. The van der Waals surface area contributed by atoms with Crippen molar-refractivity contribution in [2.75, 3.05) is 25.0 Å². The summed E-state index contributed by atoms with van der Waals surface area (Å²) in [6.45, 7) is 3.93. The van der Waals surface area contributed by atoms with Crippen molar-refractivity contribution >= 4 is 22.5 Å². The van der Waals surface area contributed by atoms with Crippen LogP contribution in [0.2, 0.25) is 0 Å². The molecule has 0 saturated heterocycles. The third-order valence-electron chi connectivity index (χ3n) is 3.33. The second kappa shape index (κ2) is 6.91. The predicted octanol–water partition coefficient (Wildman–Crippen LogP) is 3.04. The van der Waals surface area contributed by atoms with Crippen LogP contribution in [0.25, 0.3) is 10.8 Å². The van der Waals surface area contributed by atoms with Crippen molar-refractivity contribution in [2.24, 2.45) is 5.73 Å². The van der Waals surface area contributed by atoms with Crippen LogP contribution in [0.3, 0.4) is 0 Å². The Bertz CT molecular complexity index is 577. The monoisotopic (exact) mass is 271 g/mol. The lowest BCUT2D eigenvalue weighted by Crippen LogP contribution is -2.36. The first kappa shape index (κ1) is 14.3. The van der Waals surface area contributed by atoms with E-state index in [0.29, 0.717) is 19.6 Å². The second-order valence-electron chi connectivity index (χ2n) is 4.68. The van der Waals surface area contributed by atoms with Gasteiger partial charge in [-0.2, -0.15) is 0 Å². The third kappa shape index (κ3) is 3.27. The summed E-state index contributed by atoms with van der Waals surface area (Å²) < 4.78 is 0. The summed E-state index contributed by atoms with van der Waals surface area (Å²) in [5.74, 6) is 0. The molecule has 2 amide bonds. The topological polar surface area (TPSA) is 58.4 Å². The SMILES string of the molecule is CCN(CCCN)C(=O)Nc1cccc2ccccc12. The number of nitrogens with one attached hydrogen (secondary N) is 1. The Labute approximate surface area is 119 Å². The highest BCUT2D eigenvalue weighted by Gasteiger charge is 2.12. The van der Waals surface area contributed by atoms with Gasteiger partial charge < -0.3 is 16.0 Å². The van der Waals surface area contributed by atoms with Crippen molar-refractivity contribution in [2.45, 2.75) is 13.3 Å². The average Bonchev–Trinajstić information content (AvgIpc) is 2.48. The second-order valence-corrected chi connectivity index (χ2v) is 4.68. The molecule has 2 aromatic carbocycles. The first-order valence-electron chi connectivity index (χ1n) is 7.00. The molecule has 0 heterocycles. The van der Waals surface area contributed by atoms with Gasteiger partial charge in [-0.25, -0.2) is 4.79 Å². The average molecular weight is 271 g/mol. The lowest BCUT2D eigenvalue weighted by atomic mass is 10.1. The molecule has 3 N–H and O–H groups in total. The van der Waals surface area contributed by atoms with Crippen molar-refractivity contribution in [3.05, 3.63) is 42.5 Å². The Kier molecular flexibility index (Phi) is 4.96. The number of hydrogen-bond acceptors (Lipinski definition) is 2. The molecule has 4 nitrogen and oxygen atoms in total. The Hall–Kier alpha value is -2.07. The molecule has 0 spiro atoms. The van der Waals surface area contributed by atoms with E-state index < -0.39 is 0 Å². The van der Waals surface area contributed by atoms with Gasteiger partial charge in [-0.05, 0) is 31.3 Å². The zero-order valence-electron chi connectivity index (χ0n) is 11.8. The molecule has 106 valence electrons. The molecule has 2 rings (SSSR count). The van der Waals surface area contributed by atoms with Gasteiger partial charge in [0.1, 0.15) is 0 Å². The summed E-state index contributed by atoms with van der Waals surface area (Å²) in [4.78, 5) is 14.0. The number of nitrogens with zero attached hydrogens (tertiary/aromatic N) is 1. The van der Waals surface area contributed by atoms with E-state index in [9.17, 15) is 4.79 Å². The number of hydrogen-bond donors (Lipinski definition) is 2. The summed E-state index contributed by atoms with van der Waals surface area (Å²) >= 11 is 0. The van der Waals surface area contributed by atoms with E-state index in [0.717, 1.165) is 22.9 Å². The van der Waals surface area contributed by atoms with Gasteiger partial charge in [0.05, 0.1) is 5.69 Å². The normalized spacial score (nSPS) is 10.5. The number of nitrogens with two attached hydrogens (primary N) is 1. The van der Waals surface area contributed by atoms with Crippen LogP contribution in [0.4, 0.5) is 10.5 Å². The Morgan fingerprint density at radius 3 is 2.70 bits per heavy atom. The van der Waals surface area contributed by atoms with Crippen LogP contribution in [0.15, 0.2) is 42.5 Å². The van der Waals surface area contributed by atoms with Gasteiger partial charge in [0.15, 0.2) is 0 Å². The number of carbonyl (C=O) groups excluding carboxylic acids is 1. The summed E-state index contributed by atoms with van der Waals surface area (Å²) in [6.07, 6.45) is 0.816. The zero-order valence-corrected chi connectivity index (χ0v) is 11.8. The molecule has 20 heavy (non-hydrogen) atoms. The highest BCUT2D eigenvalue weighted by Crippen LogP contribution is 2.23. The van der Waals surface area contributed by atoms with E-state index in [1.54, 1.807) is 4.90 Å². The molecule has 4 heteroatoms. The molecule has 2 aromatic rings. The minimum atomic E-state index is -0.0719.